The number of nitrogens with zero attached hydrogens (tertiary/aromatic N) is 3. The molecule has 3 nitrogen and oxygen atoms in total. The average molecular weight is 319 g/mol. The second-order valence-corrected chi connectivity index (χ2v) is 3.75. The number of alkyl halides is 2. The third-order valence-corrected chi connectivity index (χ3v) is 2.59. The molecule has 0 radical (unpaired) electrons. The molecule has 0 aromatic carbocycles. The minimum atomic E-state index is -2.73. The van der Waals surface area contributed by atoms with Crippen molar-refractivity contribution < 1.29 is 8.78 Å². The van der Waals surface area contributed by atoms with Gasteiger partial charge in [-0.15, -0.1) is 0 Å². The molecular formula is C9H4F2IN3. The summed E-state index contributed by atoms with van der Waals surface area (Å²) in [6, 6.07) is 3.46. The molecular weight excluding hydrogens is 315 g/mol. The summed E-state index contributed by atoms with van der Waals surface area (Å²) >= 11 is 1.69. The Morgan fingerprint density at radius 1 is 1.47 bits per heavy atom. The van der Waals surface area contributed by atoms with Gasteiger partial charge in [-0.05, 0) is 22.6 Å². The third-order valence-electron chi connectivity index (χ3n) is 1.73. The van der Waals surface area contributed by atoms with Gasteiger partial charge in [-0.25, -0.2) is 8.78 Å². The van der Waals surface area contributed by atoms with E-state index in [1.54, 1.807) is 34.7 Å². The minimum Gasteiger partial charge on any atom is -0.258 e. The zero-order valence-corrected chi connectivity index (χ0v) is 9.49. The Kier molecular flexibility index (Phi) is 3.92. The molecule has 1 aromatic heterocycles. The van der Waals surface area contributed by atoms with Crippen LogP contribution in [0.2, 0.25) is 0 Å². The van der Waals surface area contributed by atoms with Crippen molar-refractivity contribution in [2.24, 2.45) is 0 Å². The number of hydrogen-bond donors (Lipinski definition) is 0. The fourth-order valence-electron chi connectivity index (χ4n) is 1.09. The molecule has 1 heterocycles. The summed E-state index contributed by atoms with van der Waals surface area (Å²) in [5.41, 5.74) is -0.410. The van der Waals surface area contributed by atoms with Crippen LogP contribution in [0.4, 0.5) is 8.78 Å². The van der Waals surface area contributed by atoms with Crippen LogP contribution < -0.4 is 0 Å². The number of rotatable bonds is 2. The molecule has 0 fully saturated rings. The zero-order chi connectivity index (χ0) is 11.4. The molecule has 15 heavy (non-hydrogen) atoms. The number of hydrogen-bond acceptors (Lipinski definition) is 3. The molecule has 0 saturated heterocycles. The summed E-state index contributed by atoms with van der Waals surface area (Å²) in [6.07, 6.45) is -1.62. The number of nitriles is 2. The average Bonchev–Trinajstić information content (AvgIpc) is 2.19. The molecule has 1 aromatic rings. The lowest BCUT2D eigenvalue weighted by Crippen LogP contribution is -2.02. The monoisotopic (exact) mass is 319 g/mol. The van der Waals surface area contributed by atoms with Crippen molar-refractivity contribution in [2.75, 3.05) is 0 Å². The molecule has 0 aliphatic heterocycles. The summed E-state index contributed by atoms with van der Waals surface area (Å²) in [4.78, 5) is 3.80. The number of pyridine rings is 1. The maximum Gasteiger partial charge on any atom is 0.266 e. The van der Waals surface area contributed by atoms with Crippen molar-refractivity contribution in [1.82, 2.24) is 4.98 Å². The Morgan fingerprint density at radius 3 is 2.60 bits per heavy atom. The fourth-order valence-corrected chi connectivity index (χ4v) is 1.73. The van der Waals surface area contributed by atoms with E-state index in [4.69, 9.17) is 10.5 Å². The smallest absolute Gasteiger partial charge is 0.258 e. The van der Waals surface area contributed by atoms with E-state index >= 15 is 0 Å². The molecule has 1 rings (SSSR count). The lowest BCUT2D eigenvalue weighted by atomic mass is 10.1. The van der Waals surface area contributed by atoms with Gasteiger partial charge >= 0.3 is 0 Å². The molecule has 0 aliphatic carbocycles. The molecule has 0 N–H and O–H groups in total. The van der Waals surface area contributed by atoms with Gasteiger partial charge in [-0.3, -0.25) is 4.98 Å². The van der Waals surface area contributed by atoms with Gasteiger partial charge in [-0.2, -0.15) is 10.5 Å². The van der Waals surface area contributed by atoms with E-state index in [-0.39, 0.29) is 26.8 Å². The quantitative estimate of drug-likeness (QED) is 0.787. The van der Waals surface area contributed by atoms with Crippen LogP contribution in [0, 0.1) is 26.2 Å². The predicted octanol–water partition coefficient (Wildman–Crippen LogP) is 2.56. The fraction of sp³-hybridized carbons (Fsp3) is 0.222. The Hall–Kier alpha value is -1.28. The largest absolute Gasteiger partial charge is 0.266 e. The summed E-state index contributed by atoms with van der Waals surface area (Å²) in [5, 5.41) is 17.2. The molecule has 76 valence electrons. The van der Waals surface area contributed by atoms with E-state index in [0.717, 1.165) is 0 Å². The Labute approximate surface area is 98.5 Å². The maximum absolute atomic E-state index is 12.6. The van der Waals surface area contributed by atoms with E-state index in [0.29, 0.717) is 0 Å². The zero-order valence-electron chi connectivity index (χ0n) is 7.34. The summed E-state index contributed by atoms with van der Waals surface area (Å²) in [5.74, 6) is 0. The first-order chi connectivity index (χ1) is 7.11. The summed E-state index contributed by atoms with van der Waals surface area (Å²) in [6.45, 7) is 0. The first-order valence-electron chi connectivity index (χ1n) is 3.84. The van der Waals surface area contributed by atoms with E-state index in [1.807, 2.05) is 0 Å². The highest BCUT2D eigenvalue weighted by molar-refractivity contribution is 14.1. The van der Waals surface area contributed by atoms with Crippen LogP contribution >= 0.6 is 22.6 Å². The van der Waals surface area contributed by atoms with E-state index in [2.05, 4.69) is 4.98 Å². The van der Waals surface area contributed by atoms with Crippen molar-refractivity contribution in [1.29, 1.82) is 10.5 Å². The van der Waals surface area contributed by atoms with Gasteiger partial charge in [0.25, 0.3) is 6.43 Å². The number of aromatic nitrogens is 1. The van der Waals surface area contributed by atoms with E-state index in [9.17, 15) is 8.78 Å². The van der Waals surface area contributed by atoms with E-state index in [1.165, 1.54) is 6.20 Å². The van der Waals surface area contributed by atoms with Crippen LogP contribution in [-0.4, -0.2) is 4.98 Å². The first-order valence-corrected chi connectivity index (χ1v) is 4.92. The van der Waals surface area contributed by atoms with Crippen molar-refractivity contribution in [2.45, 2.75) is 12.8 Å². The Balaban J connectivity index is 3.43. The second-order valence-electron chi connectivity index (χ2n) is 2.59. The summed E-state index contributed by atoms with van der Waals surface area (Å²) in [7, 11) is 0. The predicted molar refractivity (Wildman–Crippen MR) is 55.9 cm³/mol. The third kappa shape index (κ3) is 2.39. The van der Waals surface area contributed by atoms with Crippen LogP contribution in [0.1, 0.15) is 23.2 Å². The van der Waals surface area contributed by atoms with Gasteiger partial charge in [0, 0.05) is 9.77 Å². The highest BCUT2D eigenvalue weighted by Gasteiger charge is 2.20. The van der Waals surface area contributed by atoms with Gasteiger partial charge in [0.15, 0.2) is 0 Å². The van der Waals surface area contributed by atoms with Crippen molar-refractivity contribution in [3.05, 3.63) is 26.6 Å². The molecule has 0 saturated carbocycles. The topological polar surface area (TPSA) is 60.5 Å². The minimum absolute atomic E-state index is 0.107. The normalized spacial score (nSPS) is 9.73. The maximum atomic E-state index is 12.6. The SMILES string of the molecule is N#CCc1ncc(I)c(C(F)F)c1C#N. The Bertz CT molecular complexity index is 460. The van der Waals surface area contributed by atoms with E-state index < -0.39 is 6.43 Å². The lowest BCUT2D eigenvalue weighted by molar-refractivity contribution is 0.150. The molecule has 0 unspecified atom stereocenters. The molecule has 0 bridgehead atoms. The van der Waals surface area contributed by atoms with Gasteiger partial charge in [-0.1, -0.05) is 0 Å². The van der Waals surface area contributed by atoms with Gasteiger partial charge in [0.05, 0.1) is 29.3 Å². The van der Waals surface area contributed by atoms with Crippen LogP contribution in [0.3, 0.4) is 0 Å². The molecule has 0 atom stereocenters. The lowest BCUT2D eigenvalue weighted by Gasteiger charge is -2.07. The van der Waals surface area contributed by atoms with Crippen molar-refractivity contribution in [3.8, 4) is 12.1 Å². The first kappa shape index (κ1) is 11.8. The van der Waals surface area contributed by atoms with Crippen LogP contribution in [-0.2, 0) is 6.42 Å². The molecule has 0 amide bonds. The standard InChI is InChI=1S/C9H4F2IN3/c10-9(11)8-5(3-14)7(1-2-13)15-4-6(8)12/h4,9H,1H2. The van der Waals surface area contributed by atoms with Gasteiger partial charge < -0.3 is 0 Å². The van der Waals surface area contributed by atoms with Gasteiger partial charge in [0.2, 0.25) is 0 Å². The van der Waals surface area contributed by atoms with Crippen LogP contribution in [0.5, 0.6) is 0 Å². The van der Waals surface area contributed by atoms with Crippen molar-refractivity contribution >= 4 is 22.6 Å². The van der Waals surface area contributed by atoms with Crippen LogP contribution in [0.25, 0.3) is 0 Å². The highest BCUT2D eigenvalue weighted by Crippen LogP contribution is 2.28. The second kappa shape index (κ2) is 4.99. The molecule has 6 heteroatoms. The van der Waals surface area contributed by atoms with Crippen LogP contribution in [0.15, 0.2) is 6.20 Å². The molecule has 0 spiro atoms. The summed E-state index contributed by atoms with van der Waals surface area (Å²) < 4.78 is 25.5. The van der Waals surface area contributed by atoms with Crippen molar-refractivity contribution in [3.63, 3.8) is 0 Å². The molecule has 0 aliphatic rings. The number of halogens is 3. The van der Waals surface area contributed by atoms with Gasteiger partial charge in [0.1, 0.15) is 6.07 Å². The highest BCUT2D eigenvalue weighted by atomic mass is 127. The Morgan fingerprint density at radius 2 is 2.13 bits per heavy atom.